The van der Waals surface area contributed by atoms with Crippen molar-refractivity contribution in [2.75, 3.05) is 12.3 Å². The first-order chi connectivity index (χ1) is 12.5. The Balaban J connectivity index is 2.22. The summed E-state index contributed by atoms with van der Waals surface area (Å²) in [5, 5.41) is 5.05. The molecule has 0 bridgehead atoms. The molecular weight excluding hydrogens is 333 g/mol. The summed E-state index contributed by atoms with van der Waals surface area (Å²) in [6, 6.07) is 5.52. The fourth-order valence-corrected chi connectivity index (χ4v) is 2.14. The third kappa shape index (κ3) is 4.99. The van der Waals surface area contributed by atoms with Crippen molar-refractivity contribution in [1.29, 1.82) is 0 Å². The van der Waals surface area contributed by atoms with E-state index in [1.807, 2.05) is 12.1 Å². The standard InChI is InChI=1S/C18H20FN7/c1-13(19)6-3-2-4-9-26(22)18(25-21)16-10-15(12-24-17(16)20)14-7-5-8-23-11-14/h2-8,10-12H,1,9,21-22H2,(H2,20,24)/b4-2-,6-3-,25-18-. The second kappa shape index (κ2) is 9.09. The number of hydrogen-bond acceptors (Lipinski definition) is 6. The van der Waals surface area contributed by atoms with Gasteiger partial charge in [0.2, 0.25) is 0 Å². The van der Waals surface area contributed by atoms with Crippen molar-refractivity contribution in [2.24, 2.45) is 16.8 Å². The number of aromatic nitrogens is 2. The van der Waals surface area contributed by atoms with Gasteiger partial charge in [-0.05, 0) is 18.2 Å². The molecule has 6 N–H and O–H groups in total. The van der Waals surface area contributed by atoms with Crippen LogP contribution in [0.3, 0.4) is 0 Å². The van der Waals surface area contributed by atoms with E-state index >= 15 is 0 Å². The summed E-state index contributed by atoms with van der Waals surface area (Å²) in [5.74, 6) is 11.5. The topological polar surface area (TPSA) is 119 Å². The van der Waals surface area contributed by atoms with Crippen molar-refractivity contribution in [3.8, 4) is 11.1 Å². The number of halogens is 1. The molecule has 2 aromatic heterocycles. The maximum Gasteiger partial charge on any atom is 0.173 e. The SMILES string of the molecule is C=C(F)/C=C\C=C/CN(N)/C(=N\N)c1cc(-c2cccnc2)cnc1N. The number of nitrogens with zero attached hydrogens (tertiary/aromatic N) is 4. The zero-order valence-corrected chi connectivity index (χ0v) is 14.1. The highest BCUT2D eigenvalue weighted by molar-refractivity contribution is 6.02. The summed E-state index contributed by atoms with van der Waals surface area (Å²) in [5.41, 5.74) is 8.14. The van der Waals surface area contributed by atoms with Gasteiger partial charge in [-0.3, -0.25) is 9.99 Å². The Kier molecular flexibility index (Phi) is 6.58. The Morgan fingerprint density at radius 2 is 2.12 bits per heavy atom. The number of rotatable bonds is 6. The lowest BCUT2D eigenvalue weighted by molar-refractivity contribution is 0.488. The van der Waals surface area contributed by atoms with E-state index in [4.69, 9.17) is 17.4 Å². The van der Waals surface area contributed by atoms with Crippen LogP contribution in [-0.4, -0.2) is 27.4 Å². The van der Waals surface area contributed by atoms with Crippen LogP contribution in [0.15, 0.2) is 78.6 Å². The molecule has 0 radical (unpaired) electrons. The van der Waals surface area contributed by atoms with E-state index in [0.29, 0.717) is 5.56 Å². The van der Waals surface area contributed by atoms with Crippen LogP contribution in [0, 0.1) is 0 Å². The predicted octanol–water partition coefficient (Wildman–Crippen LogP) is 2.12. The fourth-order valence-electron chi connectivity index (χ4n) is 2.14. The number of hydrogen-bond donors (Lipinski definition) is 3. The van der Waals surface area contributed by atoms with Gasteiger partial charge in [-0.2, -0.15) is 5.10 Å². The summed E-state index contributed by atoms with van der Waals surface area (Å²) in [7, 11) is 0. The van der Waals surface area contributed by atoms with Gasteiger partial charge in [0.05, 0.1) is 12.1 Å². The van der Waals surface area contributed by atoms with Crippen LogP contribution in [0.5, 0.6) is 0 Å². The molecule has 7 nitrogen and oxygen atoms in total. The highest BCUT2D eigenvalue weighted by Gasteiger charge is 2.15. The number of amidine groups is 1. The predicted molar refractivity (Wildman–Crippen MR) is 102 cm³/mol. The van der Waals surface area contributed by atoms with Crippen molar-refractivity contribution in [1.82, 2.24) is 15.0 Å². The van der Waals surface area contributed by atoms with Crippen molar-refractivity contribution in [3.63, 3.8) is 0 Å². The third-order valence-corrected chi connectivity index (χ3v) is 3.37. The number of nitrogens with two attached hydrogens (primary N) is 3. The minimum atomic E-state index is -0.533. The lowest BCUT2D eigenvalue weighted by Crippen LogP contribution is -2.39. The molecule has 0 aliphatic carbocycles. The number of allylic oxidation sites excluding steroid dienone is 4. The molecule has 0 spiro atoms. The van der Waals surface area contributed by atoms with E-state index in [1.165, 1.54) is 17.2 Å². The van der Waals surface area contributed by atoms with E-state index in [9.17, 15) is 4.39 Å². The minimum Gasteiger partial charge on any atom is -0.383 e. The molecule has 134 valence electrons. The molecule has 0 atom stereocenters. The first kappa shape index (κ1) is 18.8. The minimum absolute atomic E-state index is 0.245. The van der Waals surface area contributed by atoms with Crippen LogP contribution in [0.4, 0.5) is 10.2 Å². The van der Waals surface area contributed by atoms with E-state index in [0.717, 1.165) is 11.1 Å². The number of hydrazine groups is 1. The van der Waals surface area contributed by atoms with Gasteiger partial charge in [-0.25, -0.2) is 15.2 Å². The maximum absolute atomic E-state index is 12.5. The van der Waals surface area contributed by atoms with Gasteiger partial charge in [-0.1, -0.05) is 30.9 Å². The van der Waals surface area contributed by atoms with Crippen LogP contribution < -0.4 is 17.4 Å². The second-order valence-electron chi connectivity index (χ2n) is 5.24. The molecule has 8 heteroatoms. The van der Waals surface area contributed by atoms with E-state index in [-0.39, 0.29) is 18.2 Å². The monoisotopic (exact) mass is 353 g/mol. The lowest BCUT2D eigenvalue weighted by atomic mass is 10.1. The highest BCUT2D eigenvalue weighted by atomic mass is 19.1. The van der Waals surface area contributed by atoms with Crippen molar-refractivity contribution < 1.29 is 4.39 Å². The molecule has 0 unspecified atom stereocenters. The molecule has 26 heavy (non-hydrogen) atoms. The van der Waals surface area contributed by atoms with Gasteiger partial charge >= 0.3 is 0 Å². The summed E-state index contributed by atoms with van der Waals surface area (Å²) in [6.45, 7) is 3.40. The summed E-state index contributed by atoms with van der Waals surface area (Å²) in [6.07, 6.45) is 11.1. The molecule has 0 aliphatic heterocycles. The lowest BCUT2D eigenvalue weighted by Gasteiger charge is -2.19. The normalized spacial score (nSPS) is 12.0. The Morgan fingerprint density at radius 3 is 2.77 bits per heavy atom. The number of hydrazone groups is 1. The molecule has 2 heterocycles. The van der Waals surface area contributed by atoms with Crippen LogP contribution in [0.2, 0.25) is 0 Å². The molecule has 0 fully saturated rings. The Morgan fingerprint density at radius 1 is 1.31 bits per heavy atom. The molecule has 0 aliphatic rings. The largest absolute Gasteiger partial charge is 0.383 e. The van der Waals surface area contributed by atoms with Gasteiger partial charge in [0, 0.05) is 29.7 Å². The molecule has 0 aromatic carbocycles. The number of pyridine rings is 2. The number of nitrogen functional groups attached to an aromatic ring is 1. The maximum atomic E-state index is 12.5. The zero-order chi connectivity index (χ0) is 18.9. The first-order valence-electron chi connectivity index (χ1n) is 7.67. The van der Waals surface area contributed by atoms with Crippen LogP contribution >= 0.6 is 0 Å². The van der Waals surface area contributed by atoms with Gasteiger partial charge in [0.15, 0.2) is 5.84 Å². The Bertz CT molecular complexity index is 844. The number of anilines is 1. The first-order valence-corrected chi connectivity index (χ1v) is 7.67. The third-order valence-electron chi connectivity index (χ3n) is 3.37. The Hall–Kier alpha value is -3.52. The highest BCUT2D eigenvalue weighted by Crippen LogP contribution is 2.22. The quantitative estimate of drug-likeness (QED) is 0.241. The molecule has 0 amide bonds. The van der Waals surface area contributed by atoms with Crippen LogP contribution in [-0.2, 0) is 0 Å². The Labute approximate surface area is 151 Å². The molecule has 2 rings (SSSR count). The van der Waals surface area contributed by atoms with Gasteiger partial charge < -0.3 is 11.6 Å². The van der Waals surface area contributed by atoms with Gasteiger partial charge in [0.1, 0.15) is 11.6 Å². The smallest absolute Gasteiger partial charge is 0.173 e. The zero-order valence-electron chi connectivity index (χ0n) is 14.1. The van der Waals surface area contributed by atoms with E-state index in [2.05, 4.69) is 21.6 Å². The summed E-state index contributed by atoms with van der Waals surface area (Å²) in [4.78, 5) is 8.27. The summed E-state index contributed by atoms with van der Waals surface area (Å²) >= 11 is 0. The molecule has 0 saturated heterocycles. The van der Waals surface area contributed by atoms with Gasteiger partial charge in [0.25, 0.3) is 0 Å². The summed E-state index contributed by atoms with van der Waals surface area (Å²) < 4.78 is 12.5. The van der Waals surface area contributed by atoms with Crippen molar-refractivity contribution >= 4 is 11.7 Å². The molecular formula is C18H20FN7. The fraction of sp³-hybridized carbons (Fsp3) is 0.0556. The van der Waals surface area contributed by atoms with Gasteiger partial charge in [-0.15, -0.1) is 0 Å². The van der Waals surface area contributed by atoms with Crippen LogP contribution in [0.25, 0.3) is 11.1 Å². The van der Waals surface area contributed by atoms with E-state index in [1.54, 1.807) is 36.8 Å². The molecule has 2 aromatic rings. The van der Waals surface area contributed by atoms with E-state index < -0.39 is 5.83 Å². The van der Waals surface area contributed by atoms with Crippen molar-refractivity contribution in [3.05, 3.63) is 79.1 Å². The van der Waals surface area contributed by atoms with Crippen molar-refractivity contribution in [2.45, 2.75) is 0 Å². The average Bonchev–Trinajstić information content (AvgIpc) is 2.64. The average molecular weight is 353 g/mol. The van der Waals surface area contributed by atoms with Crippen LogP contribution in [0.1, 0.15) is 5.56 Å². The molecule has 0 saturated carbocycles. The second-order valence-corrected chi connectivity index (χ2v) is 5.24.